The summed E-state index contributed by atoms with van der Waals surface area (Å²) < 4.78 is 51.8. The Hall–Kier alpha value is -1.43. The molecule has 0 fully saturated rings. The van der Waals surface area contributed by atoms with Gasteiger partial charge in [-0.1, -0.05) is 27.7 Å². The fourth-order valence-electron chi connectivity index (χ4n) is 1.75. The van der Waals surface area contributed by atoms with E-state index in [1.807, 2.05) is 0 Å². The van der Waals surface area contributed by atoms with Gasteiger partial charge in [-0.25, -0.2) is 21.8 Å². The molecular formula is C13H13Cl2N3O5S2. The lowest BCUT2D eigenvalue weighted by molar-refractivity contribution is -0.0258. The summed E-state index contributed by atoms with van der Waals surface area (Å²) in [5, 5.41) is -0.221. The summed E-state index contributed by atoms with van der Waals surface area (Å²) in [7, 11) is -5.39. The summed E-state index contributed by atoms with van der Waals surface area (Å²) in [6.45, 7) is 0. The van der Waals surface area contributed by atoms with Crippen molar-refractivity contribution in [3.05, 3.63) is 46.7 Å². The maximum absolute atomic E-state index is 12.3. The van der Waals surface area contributed by atoms with Crippen molar-refractivity contribution in [2.24, 2.45) is 0 Å². The first kappa shape index (κ1) is 19.9. The molecule has 2 aromatic rings. The van der Waals surface area contributed by atoms with Crippen LogP contribution < -0.4 is 4.72 Å². The molecule has 0 unspecified atom stereocenters. The SMILES string of the molecule is CON(C)S(=O)(=O)c1ccc(NS(=O)(=O)c2ccc(Cl)nc2Cl)cc1. The molecule has 0 atom stereocenters. The van der Waals surface area contributed by atoms with E-state index in [0.29, 0.717) is 4.47 Å². The van der Waals surface area contributed by atoms with Gasteiger partial charge in [0.2, 0.25) is 0 Å². The molecule has 0 aliphatic heterocycles. The summed E-state index contributed by atoms with van der Waals surface area (Å²) in [6.07, 6.45) is 0. The second kappa shape index (κ2) is 7.44. The first-order valence-corrected chi connectivity index (χ1v) is 10.2. The van der Waals surface area contributed by atoms with Gasteiger partial charge in [0.25, 0.3) is 20.0 Å². The number of hydrogen-bond donors (Lipinski definition) is 1. The largest absolute Gasteiger partial charge is 0.288 e. The van der Waals surface area contributed by atoms with E-state index in [4.69, 9.17) is 23.2 Å². The van der Waals surface area contributed by atoms with E-state index >= 15 is 0 Å². The van der Waals surface area contributed by atoms with E-state index in [0.717, 1.165) is 0 Å². The van der Waals surface area contributed by atoms with Gasteiger partial charge in [0, 0.05) is 12.7 Å². The lowest BCUT2D eigenvalue weighted by Gasteiger charge is -2.14. The number of nitrogens with one attached hydrogen (secondary N) is 1. The molecular weight excluding hydrogens is 413 g/mol. The van der Waals surface area contributed by atoms with Crippen LogP contribution in [0.5, 0.6) is 0 Å². The zero-order chi connectivity index (χ0) is 18.8. The number of pyridine rings is 1. The van der Waals surface area contributed by atoms with Crippen LogP contribution in [0.1, 0.15) is 0 Å². The van der Waals surface area contributed by atoms with E-state index in [2.05, 4.69) is 14.5 Å². The zero-order valence-corrected chi connectivity index (χ0v) is 16.1. The minimum atomic E-state index is -4.02. The van der Waals surface area contributed by atoms with Gasteiger partial charge in [-0.3, -0.25) is 9.56 Å². The van der Waals surface area contributed by atoms with Gasteiger partial charge in [0.15, 0.2) is 5.15 Å². The van der Waals surface area contributed by atoms with Crippen LogP contribution >= 0.6 is 23.2 Å². The highest BCUT2D eigenvalue weighted by Gasteiger charge is 2.22. The van der Waals surface area contributed by atoms with Crippen molar-refractivity contribution in [3.8, 4) is 0 Å². The summed E-state index contributed by atoms with van der Waals surface area (Å²) in [5.41, 5.74) is 0.144. The van der Waals surface area contributed by atoms with Crippen LogP contribution in [-0.4, -0.2) is 40.4 Å². The van der Waals surface area contributed by atoms with Crippen molar-refractivity contribution in [2.45, 2.75) is 9.79 Å². The Labute approximate surface area is 155 Å². The Balaban J connectivity index is 2.29. The third-order valence-corrected chi connectivity index (χ3v) is 6.79. The minimum Gasteiger partial charge on any atom is -0.288 e. The van der Waals surface area contributed by atoms with Gasteiger partial charge >= 0.3 is 0 Å². The predicted molar refractivity (Wildman–Crippen MR) is 93.5 cm³/mol. The number of hydrogen-bond acceptors (Lipinski definition) is 6. The van der Waals surface area contributed by atoms with E-state index in [1.165, 1.54) is 50.6 Å². The van der Waals surface area contributed by atoms with E-state index in [-0.39, 0.29) is 25.8 Å². The molecule has 0 aliphatic rings. The number of benzene rings is 1. The highest BCUT2D eigenvalue weighted by atomic mass is 35.5. The topological polar surface area (TPSA) is 106 Å². The van der Waals surface area contributed by atoms with Gasteiger partial charge in [0.05, 0.1) is 12.0 Å². The van der Waals surface area contributed by atoms with Crippen LogP contribution in [0.4, 0.5) is 5.69 Å². The summed E-state index contributed by atoms with van der Waals surface area (Å²) in [6, 6.07) is 7.58. The number of rotatable bonds is 6. The molecule has 0 saturated carbocycles. The smallest absolute Gasteiger partial charge is 0.264 e. The monoisotopic (exact) mass is 425 g/mol. The predicted octanol–water partition coefficient (Wildman–Crippen LogP) is 2.37. The molecule has 1 N–H and O–H groups in total. The van der Waals surface area contributed by atoms with Crippen LogP contribution in [0.15, 0.2) is 46.2 Å². The van der Waals surface area contributed by atoms with Gasteiger partial charge in [-0.15, -0.1) is 0 Å². The van der Waals surface area contributed by atoms with Crippen molar-refractivity contribution in [2.75, 3.05) is 18.9 Å². The van der Waals surface area contributed by atoms with Crippen LogP contribution in [0.2, 0.25) is 10.3 Å². The average molecular weight is 426 g/mol. The maximum Gasteiger partial charge on any atom is 0.264 e. The molecule has 0 radical (unpaired) electrons. The molecule has 1 heterocycles. The molecule has 0 saturated heterocycles. The Morgan fingerprint density at radius 1 is 1.04 bits per heavy atom. The fourth-order valence-corrected chi connectivity index (χ4v) is 4.45. The van der Waals surface area contributed by atoms with Crippen LogP contribution in [0, 0.1) is 0 Å². The van der Waals surface area contributed by atoms with Crippen molar-refractivity contribution in [1.29, 1.82) is 0 Å². The second-order valence-corrected chi connectivity index (χ2v) is 8.98. The number of aromatic nitrogens is 1. The molecule has 1 aromatic carbocycles. The maximum atomic E-state index is 12.3. The summed E-state index contributed by atoms with van der Waals surface area (Å²) in [4.78, 5) is 8.01. The molecule has 25 heavy (non-hydrogen) atoms. The number of nitrogens with zero attached hydrogens (tertiary/aromatic N) is 2. The molecule has 0 amide bonds. The minimum absolute atomic E-state index is 0.0563. The molecule has 12 heteroatoms. The third kappa shape index (κ3) is 4.40. The summed E-state index contributed by atoms with van der Waals surface area (Å²) in [5.74, 6) is 0. The molecule has 2 rings (SSSR count). The second-order valence-electron chi connectivity index (χ2n) is 4.65. The number of halogens is 2. The van der Waals surface area contributed by atoms with Crippen LogP contribution in [0.3, 0.4) is 0 Å². The van der Waals surface area contributed by atoms with Gasteiger partial charge < -0.3 is 0 Å². The van der Waals surface area contributed by atoms with E-state index < -0.39 is 20.0 Å². The Bertz CT molecular complexity index is 979. The van der Waals surface area contributed by atoms with Crippen molar-refractivity contribution >= 4 is 48.9 Å². The molecule has 0 spiro atoms. The lowest BCUT2D eigenvalue weighted by atomic mass is 10.3. The first-order valence-electron chi connectivity index (χ1n) is 6.56. The van der Waals surface area contributed by atoms with E-state index in [1.54, 1.807) is 0 Å². The highest BCUT2D eigenvalue weighted by molar-refractivity contribution is 7.92. The van der Waals surface area contributed by atoms with Gasteiger partial charge in [-0.05, 0) is 36.4 Å². The molecule has 8 nitrogen and oxygen atoms in total. The standard InChI is InChI=1S/C13H13Cl2N3O5S2/c1-18(23-2)25(21,22)10-5-3-9(4-6-10)17-24(19,20)11-7-8-12(14)16-13(11)15/h3-8,17H,1-2H3. The highest BCUT2D eigenvalue weighted by Crippen LogP contribution is 2.25. The lowest BCUT2D eigenvalue weighted by Crippen LogP contribution is -2.25. The Kier molecular flexibility index (Phi) is 5.92. The number of anilines is 1. The molecule has 1 aromatic heterocycles. The average Bonchev–Trinajstić information content (AvgIpc) is 2.53. The molecule has 136 valence electrons. The summed E-state index contributed by atoms with van der Waals surface area (Å²) >= 11 is 11.4. The quantitative estimate of drug-likeness (QED) is 0.562. The Morgan fingerprint density at radius 3 is 2.16 bits per heavy atom. The van der Waals surface area contributed by atoms with Crippen molar-refractivity contribution in [3.63, 3.8) is 0 Å². The van der Waals surface area contributed by atoms with Crippen LogP contribution in [-0.2, 0) is 24.9 Å². The Morgan fingerprint density at radius 2 is 1.64 bits per heavy atom. The van der Waals surface area contributed by atoms with Crippen LogP contribution in [0.25, 0.3) is 0 Å². The number of sulfonamides is 2. The third-order valence-electron chi connectivity index (χ3n) is 3.07. The number of hydroxylamine groups is 1. The zero-order valence-electron chi connectivity index (χ0n) is 13.0. The van der Waals surface area contributed by atoms with Gasteiger partial charge in [0.1, 0.15) is 10.0 Å². The van der Waals surface area contributed by atoms with Crippen molar-refractivity contribution < 1.29 is 21.7 Å². The molecule has 0 bridgehead atoms. The van der Waals surface area contributed by atoms with Gasteiger partial charge in [-0.2, -0.15) is 0 Å². The first-order chi connectivity index (χ1) is 11.6. The normalized spacial score (nSPS) is 12.4. The van der Waals surface area contributed by atoms with E-state index in [9.17, 15) is 16.8 Å². The van der Waals surface area contributed by atoms with Crippen molar-refractivity contribution in [1.82, 2.24) is 9.45 Å². The fraction of sp³-hybridized carbons (Fsp3) is 0.154. The molecule has 0 aliphatic carbocycles.